The number of nitrogens with one attached hydrogen (secondary N) is 2. The van der Waals surface area contributed by atoms with Gasteiger partial charge in [0.2, 0.25) is 17.7 Å². The Morgan fingerprint density at radius 2 is 1.50 bits per heavy atom. The molecule has 0 unspecified atom stereocenters. The van der Waals surface area contributed by atoms with Crippen LogP contribution < -0.4 is 10.7 Å². The third-order valence-electron chi connectivity index (χ3n) is 7.88. The van der Waals surface area contributed by atoms with Crippen LogP contribution >= 0.6 is 0 Å². The number of para-hydroxylation sites is 2. The zero-order valence-corrected chi connectivity index (χ0v) is 27.2. The van der Waals surface area contributed by atoms with Crippen LogP contribution in [0.1, 0.15) is 87.0 Å². The van der Waals surface area contributed by atoms with Gasteiger partial charge in [-0.2, -0.15) is 5.10 Å². The Hall–Kier alpha value is -5.25. The van der Waals surface area contributed by atoms with Crippen molar-refractivity contribution in [2.75, 3.05) is 11.9 Å². The summed E-state index contributed by atoms with van der Waals surface area (Å²) >= 11 is 0. The van der Waals surface area contributed by atoms with E-state index in [2.05, 4.69) is 15.8 Å². The highest BCUT2D eigenvalue weighted by Gasteiger charge is 2.24. The largest absolute Gasteiger partial charge is 0.506 e. The summed E-state index contributed by atoms with van der Waals surface area (Å²) in [5.74, 6) is -0.602. The Labute approximate surface area is 281 Å². The summed E-state index contributed by atoms with van der Waals surface area (Å²) in [4.78, 5) is 51.8. The lowest BCUT2D eigenvalue weighted by Gasteiger charge is -2.28. The third-order valence-corrected chi connectivity index (χ3v) is 7.88. The summed E-state index contributed by atoms with van der Waals surface area (Å²) in [7, 11) is 0. The first kappa shape index (κ1) is 35.6. The molecule has 3 N–H and O–H groups in total. The molecule has 10 heteroatoms. The van der Waals surface area contributed by atoms with Crippen LogP contribution in [0, 0.1) is 0 Å². The maximum atomic E-state index is 13.3. The molecular formula is C38H44N4O6. The molecule has 3 aromatic carbocycles. The smallest absolute Gasteiger partial charge is 0.306 e. The van der Waals surface area contributed by atoms with Crippen molar-refractivity contribution >= 4 is 35.6 Å². The number of amides is 3. The number of hydrazone groups is 1. The van der Waals surface area contributed by atoms with Crippen LogP contribution in [0.5, 0.6) is 5.75 Å². The molecule has 0 saturated carbocycles. The van der Waals surface area contributed by atoms with Crippen LogP contribution in [-0.2, 0) is 30.5 Å². The Morgan fingerprint density at radius 1 is 0.833 bits per heavy atom. The SMILES string of the molecule is O=C(CCCCCCC(=O)Nc1ccccc1O)N/N=C/c1ccc(CN2C[C@@H](c3ccccc3)OC(=O)CC/C=C/CCC2=O)cc1. The second kappa shape index (κ2) is 19.4. The number of allylic oxidation sites excluding steroid dienone is 2. The van der Waals surface area contributed by atoms with E-state index in [0.717, 1.165) is 29.5 Å². The number of phenolic OH excluding ortho intramolecular Hbond substituents is 1. The minimum atomic E-state index is -0.566. The van der Waals surface area contributed by atoms with Gasteiger partial charge in [0, 0.05) is 32.2 Å². The van der Waals surface area contributed by atoms with Crippen LogP contribution in [0.15, 0.2) is 96.1 Å². The van der Waals surface area contributed by atoms with Gasteiger partial charge in [-0.1, -0.05) is 91.7 Å². The van der Waals surface area contributed by atoms with E-state index in [-0.39, 0.29) is 36.0 Å². The molecule has 1 heterocycles. The number of anilines is 1. The molecule has 0 fully saturated rings. The topological polar surface area (TPSA) is 137 Å². The number of rotatable bonds is 13. The fourth-order valence-electron chi connectivity index (χ4n) is 5.23. The second-order valence-corrected chi connectivity index (χ2v) is 11.7. The van der Waals surface area contributed by atoms with Gasteiger partial charge in [-0.05, 0) is 54.5 Å². The maximum absolute atomic E-state index is 13.3. The summed E-state index contributed by atoms with van der Waals surface area (Å²) in [6, 6.07) is 23.7. The van der Waals surface area contributed by atoms with Gasteiger partial charge in [0.05, 0.1) is 18.4 Å². The number of benzene rings is 3. The van der Waals surface area contributed by atoms with Gasteiger partial charge in [-0.15, -0.1) is 0 Å². The van der Waals surface area contributed by atoms with Gasteiger partial charge >= 0.3 is 5.97 Å². The van der Waals surface area contributed by atoms with Crippen molar-refractivity contribution < 1.29 is 29.0 Å². The number of cyclic esters (lactones) is 1. The lowest BCUT2D eigenvalue weighted by molar-refractivity contribution is -0.152. The molecule has 0 bridgehead atoms. The number of hydrogen-bond acceptors (Lipinski definition) is 7. The molecule has 0 aliphatic carbocycles. The van der Waals surface area contributed by atoms with Crippen LogP contribution in [0.4, 0.5) is 5.69 Å². The predicted octanol–water partition coefficient (Wildman–Crippen LogP) is 6.56. The number of carbonyl (C=O) groups excluding carboxylic acids is 4. The highest BCUT2D eigenvalue weighted by atomic mass is 16.5. The minimum Gasteiger partial charge on any atom is -0.506 e. The van der Waals surface area contributed by atoms with Gasteiger partial charge in [0.25, 0.3) is 0 Å². The molecule has 3 amide bonds. The van der Waals surface area contributed by atoms with E-state index in [1.54, 1.807) is 29.3 Å². The van der Waals surface area contributed by atoms with E-state index >= 15 is 0 Å². The van der Waals surface area contributed by atoms with Crippen LogP contribution in [0.2, 0.25) is 0 Å². The van der Waals surface area contributed by atoms with Crippen molar-refractivity contribution in [1.29, 1.82) is 0 Å². The van der Waals surface area contributed by atoms with Gasteiger partial charge < -0.3 is 20.1 Å². The van der Waals surface area contributed by atoms with Crippen molar-refractivity contribution in [3.05, 3.63) is 108 Å². The van der Waals surface area contributed by atoms with Crippen molar-refractivity contribution in [2.45, 2.75) is 76.9 Å². The lowest BCUT2D eigenvalue weighted by Crippen LogP contribution is -2.35. The predicted molar refractivity (Wildman–Crippen MR) is 185 cm³/mol. The van der Waals surface area contributed by atoms with E-state index in [9.17, 15) is 24.3 Å². The molecule has 1 aliphatic rings. The Bertz CT molecular complexity index is 1550. The number of hydrogen-bond donors (Lipinski definition) is 3. The number of carbonyl (C=O) groups is 4. The fourth-order valence-corrected chi connectivity index (χ4v) is 5.23. The van der Waals surface area contributed by atoms with Gasteiger partial charge in [0.15, 0.2) is 0 Å². The van der Waals surface area contributed by atoms with Crippen LogP contribution in [0.3, 0.4) is 0 Å². The number of nitrogens with zero attached hydrogens (tertiary/aromatic N) is 2. The number of unbranched alkanes of at least 4 members (excludes halogenated alkanes) is 3. The Balaban J connectivity index is 1.20. The normalized spacial score (nSPS) is 16.4. The number of aromatic hydroxyl groups is 1. The standard InChI is InChI=1S/C38H44N4O6/c43-33-17-13-12-16-32(33)40-35(44)18-8-1-2-9-19-36(45)41-39-26-29-22-24-30(25-23-29)27-42-28-34(31-14-6-5-7-15-31)48-38(47)21-11-4-3-10-20-37(42)46/h3-7,12-17,22-26,34,43H,1-2,8-11,18-21,27-28H2,(H,40,44)(H,41,45)/b4-3+,39-26+/t34-/m0/s1. The molecule has 10 nitrogen and oxygen atoms in total. The molecule has 0 radical (unpaired) electrons. The lowest BCUT2D eigenvalue weighted by atomic mass is 10.1. The van der Waals surface area contributed by atoms with E-state index in [1.807, 2.05) is 66.7 Å². The summed E-state index contributed by atoms with van der Waals surface area (Å²) in [5.41, 5.74) is 5.51. The molecular weight excluding hydrogens is 608 g/mol. The van der Waals surface area contributed by atoms with Crippen molar-refractivity contribution in [1.82, 2.24) is 10.3 Å². The number of phenols is 1. The molecule has 252 valence electrons. The monoisotopic (exact) mass is 652 g/mol. The minimum absolute atomic E-state index is 0.0137. The van der Waals surface area contributed by atoms with E-state index in [4.69, 9.17) is 4.74 Å². The number of ether oxygens (including phenoxy) is 1. The Morgan fingerprint density at radius 3 is 2.23 bits per heavy atom. The quantitative estimate of drug-likeness (QED) is 0.0477. The zero-order chi connectivity index (χ0) is 34.0. The third kappa shape index (κ3) is 12.5. The summed E-state index contributed by atoms with van der Waals surface area (Å²) in [6.45, 7) is 0.613. The van der Waals surface area contributed by atoms with E-state index in [1.165, 1.54) is 6.07 Å². The second-order valence-electron chi connectivity index (χ2n) is 11.7. The highest BCUT2D eigenvalue weighted by Crippen LogP contribution is 2.23. The summed E-state index contributed by atoms with van der Waals surface area (Å²) in [5, 5.41) is 16.5. The summed E-state index contributed by atoms with van der Waals surface area (Å²) < 4.78 is 5.84. The zero-order valence-electron chi connectivity index (χ0n) is 27.2. The first-order valence-corrected chi connectivity index (χ1v) is 16.5. The maximum Gasteiger partial charge on any atom is 0.306 e. The van der Waals surface area contributed by atoms with Crippen molar-refractivity contribution in [3.63, 3.8) is 0 Å². The Kier molecular flexibility index (Phi) is 14.4. The van der Waals surface area contributed by atoms with Gasteiger partial charge in [0.1, 0.15) is 11.9 Å². The molecule has 1 aliphatic heterocycles. The van der Waals surface area contributed by atoms with Crippen molar-refractivity contribution in [3.8, 4) is 5.75 Å². The average Bonchev–Trinajstić information content (AvgIpc) is 3.08. The fraction of sp³-hybridized carbons (Fsp3) is 0.342. The van der Waals surface area contributed by atoms with E-state index < -0.39 is 6.10 Å². The first-order chi connectivity index (χ1) is 23.4. The van der Waals surface area contributed by atoms with Gasteiger partial charge in [-0.3, -0.25) is 19.2 Å². The molecule has 3 aromatic rings. The van der Waals surface area contributed by atoms with E-state index in [0.29, 0.717) is 63.6 Å². The molecule has 4 rings (SSSR count). The highest BCUT2D eigenvalue weighted by molar-refractivity contribution is 5.92. The molecule has 48 heavy (non-hydrogen) atoms. The first-order valence-electron chi connectivity index (χ1n) is 16.5. The van der Waals surface area contributed by atoms with Crippen molar-refractivity contribution in [2.24, 2.45) is 5.10 Å². The van der Waals surface area contributed by atoms with Crippen LogP contribution in [0.25, 0.3) is 0 Å². The summed E-state index contributed by atoms with van der Waals surface area (Å²) in [6.07, 6.45) is 10.4. The number of esters is 1. The average molecular weight is 653 g/mol. The molecule has 0 saturated heterocycles. The molecule has 1 atom stereocenters. The molecule has 0 spiro atoms. The molecule has 0 aromatic heterocycles. The van der Waals surface area contributed by atoms with Crippen LogP contribution in [-0.4, -0.2) is 46.5 Å². The van der Waals surface area contributed by atoms with Gasteiger partial charge in [-0.25, -0.2) is 5.43 Å².